The van der Waals surface area contributed by atoms with Crippen LogP contribution in [0.3, 0.4) is 0 Å². The molecule has 18 heavy (non-hydrogen) atoms. The van der Waals surface area contributed by atoms with E-state index in [2.05, 4.69) is 24.8 Å². The van der Waals surface area contributed by atoms with Gasteiger partial charge in [0, 0.05) is 5.38 Å². The molecule has 1 rings (SSSR count). The minimum atomic E-state index is -5.84. The summed E-state index contributed by atoms with van der Waals surface area (Å²) in [6.07, 6.45) is 0. The summed E-state index contributed by atoms with van der Waals surface area (Å²) in [4.78, 5) is 10.8. The van der Waals surface area contributed by atoms with Crippen molar-refractivity contribution in [3.63, 3.8) is 0 Å². The van der Waals surface area contributed by atoms with Gasteiger partial charge in [-0.2, -0.15) is 21.6 Å². The molecule has 0 aliphatic heterocycles. The van der Waals surface area contributed by atoms with E-state index in [4.69, 9.17) is 0 Å². The molecule has 0 amide bonds. The Balaban J connectivity index is 3.21. The number of halogens is 4. The van der Waals surface area contributed by atoms with E-state index >= 15 is 0 Å². The molecule has 1 aromatic rings. The molecule has 0 saturated carbocycles. The molecule has 0 spiro atoms. The molecule has 0 aliphatic carbocycles. The first-order chi connectivity index (χ1) is 8.10. The van der Waals surface area contributed by atoms with E-state index in [0.29, 0.717) is 11.3 Å². The van der Waals surface area contributed by atoms with Gasteiger partial charge in [0.05, 0.1) is 11.6 Å². The lowest BCUT2D eigenvalue weighted by Gasteiger charge is -2.09. The zero-order valence-corrected chi connectivity index (χ0v) is 11.7. The second-order valence-corrected chi connectivity index (χ2v) is 5.99. The van der Waals surface area contributed by atoms with Crippen LogP contribution < -0.4 is 4.18 Å². The topological polar surface area (TPSA) is 69.7 Å². The van der Waals surface area contributed by atoms with E-state index in [1.165, 1.54) is 5.38 Å². The number of hydrogen-bond donors (Lipinski definition) is 0. The van der Waals surface area contributed by atoms with Crippen molar-refractivity contribution in [3.05, 3.63) is 14.7 Å². The molecule has 5 nitrogen and oxygen atoms in total. The first kappa shape index (κ1) is 15.2. The third kappa shape index (κ3) is 2.95. The molecule has 0 N–H and O–H groups in total. The molecule has 0 saturated heterocycles. The molecular weight excluding hydrogens is 365 g/mol. The quantitative estimate of drug-likeness (QED) is 0.465. The maximum absolute atomic E-state index is 12.1. The number of ether oxygens (including phenoxy) is 1. The molecule has 11 heteroatoms. The number of carbonyl (C=O) groups is 1. The van der Waals surface area contributed by atoms with Crippen molar-refractivity contribution in [1.82, 2.24) is 0 Å². The number of methoxy groups -OCH3 is 1. The van der Waals surface area contributed by atoms with Gasteiger partial charge in [-0.05, 0) is 15.9 Å². The average molecular weight is 369 g/mol. The van der Waals surface area contributed by atoms with Crippen molar-refractivity contribution in [1.29, 1.82) is 0 Å². The van der Waals surface area contributed by atoms with Gasteiger partial charge in [0.15, 0.2) is 10.6 Å². The molecule has 0 aromatic carbocycles. The second-order valence-electron chi connectivity index (χ2n) is 2.72. The highest BCUT2D eigenvalue weighted by Crippen LogP contribution is 2.38. The van der Waals surface area contributed by atoms with Gasteiger partial charge in [-0.25, -0.2) is 4.79 Å². The fourth-order valence-electron chi connectivity index (χ4n) is 0.794. The number of esters is 1. The molecule has 0 radical (unpaired) electrons. The summed E-state index contributed by atoms with van der Waals surface area (Å²) in [5.74, 6) is -1.75. The molecule has 1 heterocycles. The van der Waals surface area contributed by atoms with Gasteiger partial charge in [-0.15, -0.1) is 11.3 Å². The highest BCUT2D eigenvalue weighted by Gasteiger charge is 2.49. The number of carbonyl (C=O) groups excluding carboxylic acids is 1. The fourth-order valence-corrected chi connectivity index (χ4v) is 2.90. The summed E-state index contributed by atoms with van der Waals surface area (Å²) in [6, 6.07) is 0. The number of rotatable bonds is 3. The van der Waals surface area contributed by atoms with Crippen LogP contribution in [0.5, 0.6) is 5.75 Å². The maximum Gasteiger partial charge on any atom is 0.534 e. The minimum Gasteiger partial charge on any atom is -0.465 e. The first-order valence-electron chi connectivity index (χ1n) is 3.96. The largest absolute Gasteiger partial charge is 0.534 e. The highest BCUT2D eigenvalue weighted by atomic mass is 79.9. The normalized spacial score (nSPS) is 12.3. The molecule has 0 fully saturated rings. The van der Waals surface area contributed by atoms with Gasteiger partial charge in [-0.1, -0.05) is 0 Å². The molecule has 0 aliphatic rings. The standard InChI is InChI=1S/C7H4BrF3O5S2/c1-15-6(12)5-4(3(8)2-17-5)16-18(13,14)7(9,10)11/h2H,1H3. The fraction of sp³-hybridized carbons (Fsp3) is 0.286. The molecule has 0 atom stereocenters. The van der Waals surface area contributed by atoms with Crippen LogP contribution in [0, 0.1) is 0 Å². The van der Waals surface area contributed by atoms with Crippen LogP contribution in [0.1, 0.15) is 9.67 Å². The predicted molar refractivity (Wildman–Crippen MR) is 59.0 cm³/mol. The number of thiophene rings is 1. The van der Waals surface area contributed by atoms with Crippen LogP contribution in [-0.2, 0) is 14.9 Å². The van der Waals surface area contributed by atoms with Gasteiger partial charge < -0.3 is 8.92 Å². The Morgan fingerprint density at radius 3 is 2.44 bits per heavy atom. The molecular formula is C7H4BrF3O5S2. The Morgan fingerprint density at radius 2 is 2.00 bits per heavy atom. The van der Waals surface area contributed by atoms with Crippen LogP contribution in [0.25, 0.3) is 0 Å². The highest BCUT2D eigenvalue weighted by molar-refractivity contribution is 9.10. The SMILES string of the molecule is COC(=O)c1scc(Br)c1OS(=O)(=O)C(F)(F)F. The predicted octanol–water partition coefficient (Wildman–Crippen LogP) is 2.53. The van der Waals surface area contributed by atoms with Crippen molar-refractivity contribution in [2.75, 3.05) is 7.11 Å². The Morgan fingerprint density at radius 1 is 1.44 bits per heavy atom. The van der Waals surface area contributed by atoms with Crippen molar-refractivity contribution < 1.29 is 35.3 Å². The summed E-state index contributed by atoms with van der Waals surface area (Å²) in [7, 11) is -4.84. The lowest BCUT2D eigenvalue weighted by atomic mass is 10.4. The van der Waals surface area contributed by atoms with E-state index in [0.717, 1.165) is 7.11 Å². The molecule has 0 bridgehead atoms. The monoisotopic (exact) mass is 368 g/mol. The van der Waals surface area contributed by atoms with Crippen LogP contribution in [0.15, 0.2) is 9.85 Å². The first-order valence-corrected chi connectivity index (χ1v) is 7.04. The average Bonchev–Trinajstić information content (AvgIpc) is 2.57. The van der Waals surface area contributed by atoms with Gasteiger partial charge in [0.2, 0.25) is 0 Å². The van der Waals surface area contributed by atoms with Gasteiger partial charge in [0.1, 0.15) is 0 Å². The third-order valence-corrected chi connectivity index (χ3v) is 4.34. The maximum atomic E-state index is 12.1. The Kier molecular flexibility index (Phi) is 4.28. The van der Waals surface area contributed by atoms with E-state index in [1.54, 1.807) is 0 Å². The Labute approximate surface area is 112 Å². The smallest absolute Gasteiger partial charge is 0.465 e. The van der Waals surface area contributed by atoms with E-state index in [9.17, 15) is 26.4 Å². The van der Waals surface area contributed by atoms with Crippen LogP contribution in [0.2, 0.25) is 0 Å². The number of hydrogen-bond acceptors (Lipinski definition) is 6. The minimum absolute atomic E-state index is 0.0966. The van der Waals surface area contributed by atoms with Crippen LogP contribution in [-0.4, -0.2) is 27.0 Å². The third-order valence-electron chi connectivity index (χ3n) is 1.55. The summed E-state index contributed by atoms with van der Waals surface area (Å²) < 4.78 is 66.1. The summed E-state index contributed by atoms with van der Waals surface area (Å²) in [5.41, 5.74) is -5.58. The van der Waals surface area contributed by atoms with Gasteiger partial charge >= 0.3 is 21.6 Å². The van der Waals surface area contributed by atoms with Crippen LogP contribution >= 0.6 is 27.3 Å². The molecule has 102 valence electrons. The second kappa shape index (κ2) is 5.05. The lowest BCUT2D eigenvalue weighted by molar-refractivity contribution is -0.0500. The molecule has 0 unspecified atom stereocenters. The van der Waals surface area contributed by atoms with Gasteiger partial charge in [-0.3, -0.25) is 0 Å². The van der Waals surface area contributed by atoms with Crippen molar-refractivity contribution in [2.45, 2.75) is 5.51 Å². The van der Waals surface area contributed by atoms with E-state index < -0.39 is 32.2 Å². The van der Waals surface area contributed by atoms with E-state index in [-0.39, 0.29) is 4.47 Å². The summed E-state index contributed by atoms with van der Waals surface area (Å²) in [6.45, 7) is 0. The lowest BCUT2D eigenvalue weighted by Crippen LogP contribution is -2.28. The molecule has 1 aromatic heterocycles. The van der Waals surface area contributed by atoms with Crippen LogP contribution in [0.4, 0.5) is 13.2 Å². The summed E-state index contributed by atoms with van der Waals surface area (Å²) in [5, 5.41) is 1.20. The zero-order valence-electron chi connectivity index (χ0n) is 8.45. The van der Waals surface area contributed by atoms with E-state index in [1.807, 2.05) is 0 Å². The van der Waals surface area contributed by atoms with Crippen molar-refractivity contribution >= 4 is 43.4 Å². The van der Waals surface area contributed by atoms with Gasteiger partial charge in [0.25, 0.3) is 0 Å². The van der Waals surface area contributed by atoms with Crippen molar-refractivity contribution in [2.24, 2.45) is 0 Å². The zero-order chi connectivity index (χ0) is 14.1. The number of alkyl halides is 3. The summed E-state index contributed by atoms with van der Waals surface area (Å²) >= 11 is 3.46. The van der Waals surface area contributed by atoms with Crippen molar-refractivity contribution in [3.8, 4) is 5.75 Å². The Hall–Kier alpha value is -0.810. The Bertz CT molecular complexity index is 562.